The van der Waals surface area contributed by atoms with Crippen molar-refractivity contribution in [2.45, 2.75) is 19.4 Å². The van der Waals surface area contributed by atoms with Gasteiger partial charge in [0.2, 0.25) is 0 Å². The van der Waals surface area contributed by atoms with E-state index in [0.717, 1.165) is 12.0 Å². The van der Waals surface area contributed by atoms with Crippen LogP contribution in [0.2, 0.25) is 0 Å². The fraction of sp³-hybridized carbons (Fsp3) is 0.231. The lowest BCUT2D eigenvalue weighted by molar-refractivity contribution is 0.601. The Morgan fingerprint density at radius 3 is 2.35 bits per heavy atom. The minimum Gasteiger partial charge on any atom is -0.270 e. The predicted octanol–water partition coefficient (Wildman–Crippen LogP) is 1.59. The highest BCUT2D eigenvalue weighted by atomic mass is 15.2. The summed E-state index contributed by atoms with van der Waals surface area (Å²) in [6.45, 7) is 2.13. The summed E-state index contributed by atoms with van der Waals surface area (Å²) in [6.07, 6.45) is 4.46. The number of aryl methyl sites for hydroxylation is 1. The van der Waals surface area contributed by atoms with Crippen molar-refractivity contribution in [3.8, 4) is 0 Å². The van der Waals surface area contributed by atoms with Gasteiger partial charge in [0.1, 0.15) is 6.04 Å². The highest BCUT2D eigenvalue weighted by Gasteiger charge is 2.14. The Morgan fingerprint density at radius 1 is 1.18 bits per heavy atom. The van der Waals surface area contributed by atoms with Gasteiger partial charge in [-0.15, -0.1) is 0 Å². The molecule has 0 radical (unpaired) electrons. The third kappa shape index (κ3) is 2.67. The van der Waals surface area contributed by atoms with Gasteiger partial charge in [-0.25, -0.2) is 15.4 Å². The normalized spacial score (nSPS) is 12.4. The Labute approximate surface area is 101 Å². The van der Waals surface area contributed by atoms with Crippen LogP contribution in [0.15, 0.2) is 42.7 Å². The zero-order valence-electron chi connectivity index (χ0n) is 9.80. The molecular formula is C13H16N4. The quantitative estimate of drug-likeness (QED) is 0.616. The fourth-order valence-corrected chi connectivity index (χ4v) is 1.73. The van der Waals surface area contributed by atoms with Crippen molar-refractivity contribution in [1.82, 2.24) is 15.4 Å². The monoisotopic (exact) mass is 228 g/mol. The number of benzene rings is 1. The van der Waals surface area contributed by atoms with Crippen molar-refractivity contribution >= 4 is 0 Å². The Balaban J connectivity index is 2.29. The molecule has 4 nitrogen and oxygen atoms in total. The molecular weight excluding hydrogens is 212 g/mol. The second kappa shape index (κ2) is 5.52. The van der Waals surface area contributed by atoms with E-state index in [4.69, 9.17) is 5.84 Å². The minimum absolute atomic E-state index is 0.165. The zero-order chi connectivity index (χ0) is 12.1. The van der Waals surface area contributed by atoms with E-state index < -0.39 is 0 Å². The molecule has 0 fully saturated rings. The van der Waals surface area contributed by atoms with Gasteiger partial charge in [-0.05, 0) is 23.6 Å². The first-order chi connectivity index (χ1) is 8.35. The van der Waals surface area contributed by atoms with Crippen molar-refractivity contribution in [3.05, 3.63) is 59.7 Å². The van der Waals surface area contributed by atoms with E-state index in [9.17, 15) is 0 Å². The summed E-state index contributed by atoms with van der Waals surface area (Å²) in [6, 6.07) is 9.93. The summed E-state index contributed by atoms with van der Waals surface area (Å²) in [7, 11) is 0. The molecule has 0 spiro atoms. The molecule has 3 N–H and O–H groups in total. The molecule has 0 bridgehead atoms. The molecule has 1 atom stereocenters. The van der Waals surface area contributed by atoms with Gasteiger partial charge in [0, 0.05) is 12.4 Å². The maximum atomic E-state index is 5.58. The zero-order valence-corrected chi connectivity index (χ0v) is 9.80. The Bertz CT molecular complexity index is 453. The van der Waals surface area contributed by atoms with E-state index in [1.807, 2.05) is 0 Å². The summed E-state index contributed by atoms with van der Waals surface area (Å²) in [5, 5.41) is 0. The van der Waals surface area contributed by atoms with Crippen LogP contribution < -0.4 is 11.3 Å². The molecule has 2 aromatic rings. The lowest BCUT2D eigenvalue weighted by Gasteiger charge is -2.14. The summed E-state index contributed by atoms with van der Waals surface area (Å²) in [4.78, 5) is 8.43. The molecule has 1 heterocycles. The first-order valence-electron chi connectivity index (χ1n) is 5.67. The Kier molecular flexibility index (Phi) is 3.80. The average Bonchev–Trinajstić information content (AvgIpc) is 2.42. The second-order valence-corrected chi connectivity index (χ2v) is 3.80. The lowest BCUT2D eigenvalue weighted by atomic mass is 10.0. The number of aromatic nitrogens is 2. The largest absolute Gasteiger partial charge is 0.270 e. The molecule has 4 heteroatoms. The standard InChI is InChI=1S/C13H16N4/c1-2-10-4-6-11(7-5-10)12(17-14)13-15-8-3-9-16-13/h3-9,12,17H,2,14H2,1H3. The predicted molar refractivity (Wildman–Crippen MR) is 67.0 cm³/mol. The molecule has 1 aromatic carbocycles. The number of rotatable bonds is 4. The van der Waals surface area contributed by atoms with Crippen molar-refractivity contribution in [3.63, 3.8) is 0 Å². The van der Waals surface area contributed by atoms with Crippen LogP contribution in [0.25, 0.3) is 0 Å². The molecule has 0 amide bonds. The molecule has 0 saturated heterocycles. The average molecular weight is 228 g/mol. The minimum atomic E-state index is -0.165. The van der Waals surface area contributed by atoms with Crippen LogP contribution in [0.4, 0.5) is 0 Å². The van der Waals surface area contributed by atoms with Crippen LogP contribution in [-0.4, -0.2) is 9.97 Å². The summed E-state index contributed by atoms with van der Waals surface area (Å²) >= 11 is 0. The molecule has 2 rings (SSSR count). The van der Waals surface area contributed by atoms with Crippen LogP contribution in [0, 0.1) is 0 Å². The van der Waals surface area contributed by atoms with Gasteiger partial charge >= 0.3 is 0 Å². The summed E-state index contributed by atoms with van der Waals surface area (Å²) in [5.74, 6) is 6.26. The Hall–Kier alpha value is -1.78. The van der Waals surface area contributed by atoms with Gasteiger partial charge in [-0.3, -0.25) is 5.84 Å². The van der Waals surface area contributed by atoms with Crippen molar-refractivity contribution < 1.29 is 0 Å². The van der Waals surface area contributed by atoms with Crippen LogP contribution >= 0.6 is 0 Å². The number of hydrazine groups is 1. The van der Waals surface area contributed by atoms with Gasteiger partial charge in [0.15, 0.2) is 5.82 Å². The molecule has 0 aliphatic heterocycles. The number of hydrogen-bond donors (Lipinski definition) is 2. The highest BCUT2D eigenvalue weighted by Crippen LogP contribution is 2.18. The molecule has 1 aromatic heterocycles. The molecule has 17 heavy (non-hydrogen) atoms. The van der Waals surface area contributed by atoms with Gasteiger partial charge < -0.3 is 0 Å². The molecule has 0 aliphatic carbocycles. The first kappa shape index (κ1) is 11.7. The summed E-state index contributed by atoms with van der Waals surface area (Å²) in [5.41, 5.74) is 5.12. The van der Waals surface area contributed by atoms with Gasteiger partial charge in [0.05, 0.1) is 0 Å². The van der Waals surface area contributed by atoms with Crippen LogP contribution in [0.3, 0.4) is 0 Å². The maximum Gasteiger partial charge on any atom is 0.150 e. The smallest absolute Gasteiger partial charge is 0.150 e. The molecule has 0 saturated carbocycles. The Morgan fingerprint density at radius 2 is 1.82 bits per heavy atom. The third-order valence-electron chi connectivity index (χ3n) is 2.73. The molecule has 0 aliphatic rings. The number of nitrogens with one attached hydrogen (secondary N) is 1. The van der Waals surface area contributed by atoms with Gasteiger partial charge in [-0.1, -0.05) is 31.2 Å². The molecule has 1 unspecified atom stereocenters. The van der Waals surface area contributed by atoms with E-state index in [0.29, 0.717) is 5.82 Å². The number of nitrogens with two attached hydrogens (primary N) is 1. The lowest BCUT2D eigenvalue weighted by Crippen LogP contribution is -2.30. The van der Waals surface area contributed by atoms with E-state index >= 15 is 0 Å². The van der Waals surface area contributed by atoms with Crippen molar-refractivity contribution in [2.24, 2.45) is 5.84 Å². The van der Waals surface area contributed by atoms with Crippen LogP contribution in [0.5, 0.6) is 0 Å². The number of nitrogens with zero attached hydrogens (tertiary/aromatic N) is 2. The SMILES string of the molecule is CCc1ccc(C(NN)c2ncccn2)cc1. The van der Waals surface area contributed by atoms with E-state index in [-0.39, 0.29) is 6.04 Å². The van der Waals surface area contributed by atoms with Crippen molar-refractivity contribution in [2.75, 3.05) is 0 Å². The number of hydrogen-bond acceptors (Lipinski definition) is 4. The van der Waals surface area contributed by atoms with E-state index in [1.165, 1.54) is 5.56 Å². The third-order valence-corrected chi connectivity index (χ3v) is 2.73. The van der Waals surface area contributed by atoms with Crippen molar-refractivity contribution in [1.29, 1.82) is 0 Å². The second-order valence-electron chi connectivity index (χ2n) is 3.80. The van der Waals surface area contributed by atoms with Gasteiger partial charge in [0.25, 0.3) is 0 Å². The van der Waals surface area contributed by atoms with E-state index in [1.54, 1.807) is 18.5 Å². The first-order valence-corrected chi connectivity index (χ1v) is 5.67. The molecule has 88 valence electrons. The maximum absolute atomic E-state index is 5.58. The van der Waals surface area contributed by atoms with Crippen LogP contribution in [-0.2, 0) is 6.42 Å². The van der Waals surface area contributed by atoms with Gasteiger partial charge in [-0.2, -0.15) is 0 Å². The summed E-state index contributed by atoms with van der Waals surface area (Å²) < 4.78 is 0. The fourth-order valence-electron chi connectivity index (χ4n) is 1.73. The highest BCUT2D eigenvalue weighted by molar-refractivity contribution is 5.28. The van der Waals surface area contributed by atoms with E-state index in [2.05, 4.69) is 46.6 Å². The topological polar surface area (TPSA) is 63.8 Å². The van der Waals surface area contributed by atoms with Crippen LogP contribution in [0.1, 0.15) is 29.9 Å².